The Morgan fingerprint density at radius 1 is 1.36 bits per heavy atom. The zero-order valence-electron chi connectivity index (χ0n) is 7.91. The molecule has 0 amide bonds. The second-order valence-corrected chi connectivity index (χ2v) is 5.05. The first-order chi connectivity index (χ1) is 6.81. The maximum absolute atomic E-state index is 9.15. The van der Waals surface area contributed by atoms with Crippen molar-refractivity contribution in [3.05, 3.63) is 15.9 Å². The minimum absolute atomic E-state index is 0.0417. The van der Waals surface area contributed by atoms with Gasteiger partial charge in [-0.15, -0.1) is 0 Å². The normalized spacial score (nSPS) is 21.6. The molecule has 1 heterocycles. The molecule has 2 aliphatic rings. The van der Waals surface area contributed by atoms with Crippen molar-refractivity contribution < 1.29 is 5.11 Å². The fourth-order valence-corrected chi connectivity index (χ4v) is 2.61. The van der Waals surface area contributed by atoms with Gasteiger partial charge in [0, 0.05) is 5.92 Å². The lowest BCUT2D eigenvalue weighted by atomic mass is 10.2. The van der Waals surface area contributed by atoms with Crippen LogP contribution in [0.3, 0.4) is 0 Å². The van der Waals surface area contributed by atoms with Crippen molar-refractivity contribution in [2.24, 2.45) is 0 Å². The van der Waals surface area contributed by atoms with Gasteiger partial charge in [0.15, 0.2) is 0 Å². The number of halogens is 1. The van der Waals surface area contributed by atoms with Crippen LogP contribution in [0.25, 0.3) is 0 Å². The molecule has 3 nitrogen and oxygen atoms in total. The van der Waals surface area contributed by atoms with Crippen LogP contribution in [-0.4, -0.2) is 14.9 Å². The molecule has 0 unspecified atom stereocenters. The number of aliphatic hydroxyl groups excluding tert-OH is 1. The molecule has 2 aliphatic carbocycles. The number of nitrogens with zero attached hydrogens (tertiary/aromatic N) is 2. The summed E-state index contributed by atoms with van der Waals surface area (Å²) in [5, 5.41) is 13.6. The molecule has 0 saturated heterocycles. The van der Waals surface area contributed by atoms with Gasteiger partial charge >= 0.3 is 0 Å². The number of hydrogen-bond acceptors (Lipinski definition) is 2. The third-order valence-electron chi connectivity index (χ3n) is 2.96. The highest BCUT2D eigenvalue weighted by atomic mass is 79.9. The Morgan fingerprint density at radius 3 is 2.57 bits per heavy atom. The second kappa shape index (κ2) is 3.07. The van der Waals surface area contributed by atoms with E-state index in [-0.39, 0.29) is 6.61 Å². The molecule has 0 bridgehead atoms. The van der Waals surface area contributed by atoms with Crippen LogP contribution < -0.4 is 0 Å². The highest BCUT2D eigenvalue weighted by molar-refractivity contribution is 9.10. The molecular formula is C10H13BrN2O. The van der Waals surface area contributed by atoms with Gasteiger partial charge in [0.05, 0.1) is 22.8 Å². The van der Waals surface area contributed by atoms with E-state index in [1.165, 1.54) is 31.4 Å². The van der Waals surface area contributed by atoms with Gasteiger partial charge in [0.2, 0.25) is 0 Å². The van der Waals surface area contributed by atoms with E-state index in [0.717, 1.165) is 10.2 Å². The standard InChI is InChI=1S/C10H13BrN2O/c11-9-8(5-14)12-13(7-3-4-7)10(9)6-1-2-6/h6-7,14H,1-5H2. The summed E-state index contributed by atoms with van der Waals surface area (Å²) < 4.78 is 3.20. The SMILES string of the molecule is OCc1nn(C2CC2)c(C2CC2)c1Br. The summed E-state index contributed by atoms with van der Waals surface area (Å²) in [6.07, 6.45) is 5.06. The van der Waals surface area contributed by atoms with Crippen LogP contribution in [0, 0.1) is 0 Å². The molecule has 0 radical (unpaired) electrons. The topological polar surface area (TPSA) is 38.1 Å². The Balaban J connectivity index is 2.06. The van der Waals surface area contributed by atoms with Crippen LogP contribution in [0.1, 0.15) is 49.0 Å². The van der Waals surface area contributed by atoms with Gasteiger partial charge in [-0.1, -0.05) is 0 Å². The number of hydrogen-bond donors (Lipinski definition) is 1. The molecule has 0 aromatic carbocycles. The summed E-state index contributed by atoms with van der Waals surface area (Å²) in [7, 11) is 0. The average molecular weight is 257 g/mol. The van der Waals surface area contributed by atoms with Crippen LogP contribution in [0.5, 0.6) is 0 Å². The fourth-order valence-electron chi connectivity index (χ4n) is 1.90. The smallest absolute Gasteiger partial charge is 0.102 e. The largest absolute Gasteiger partial charge is 0.390 e. The van der Waals surface area contributed by atoms with Crippen LogP contribution >= 0.6 is 15.9 Å². The van der Waals surface area contributed by atoms with Crippen molar-refractivity contribution >= 4 is 15.9 Å². The van der Waals surface area contributed by atoms with Gasteiger partial charge in [0.25, 0.3) is 0 Å². The van der Waals surface area contributed by atoms with E-state index in [1.807, 2.05) is 0 Å². The molecule has 0 atom stereocenters. The van der Waals surface area contributed by atoms with Crippen LogP contribution in [0.15, 0.2) is 4.47 Å². The average Bonchev–Trinajstić information content (AvgIpc) is 3.03. The van der Waals surface area contributed by atoms with Crippen molar-refractivity contribution in [1.82, 2.24) is 9.78 Å². The monoisotopic (exact) mass is 256 g/mol. The Labute approximate surface area is 91.2 Å². The van der Waals surface area contributed by atoms with E-state index in [2.05, 4.69) is 25.7 Å². The van der Waals surface area contributed by atoms with Gasteiger partial charge in [0.1, 0.15) is 5.69 Å². The molecule has 1 aromatic heterocycles. The first-order valence-electron chi connectivity index (χ1n) is 5.19. The Hall–Kier alpha value is -0.350. The highest BCUT2D eigenvalue weighted by Crippen LogP contribution is 2.48. The molecule has 0 spiro atoms. The second-order valence-electron chi connectivity index (χ2n) is 4.25. The van der Waals surface area contributed by atoms with Crippen LogP contribution in [0.4, 0.5) is 0 Å². The summed E-state index contributed by atoms with van der Waals surface area (Å²) >= 11 is 3.56. The van der Waals surface area contributed by atoms with Gasteiger partial charge < -0.3 is 5.11 Å². The third-order valence-corrected chi connectivity index (χ3v) is 3.82. The molecule has 76 valence electrons. The molecule has 14 heavy (non-hydrogen) atoms. The maximum Gasteiger partial charge on any atom is 0.102 e. The predicted octanol–water partition coefficient (Wildman–Crippen LogP) is 2.35. The van der Waals surface area contributed by atoms with Crippen molar-refractivity contribution in [2.45, 2.75) is 44.2 Å². The summed E-state index contributed by atoms with van der Waals surface area (Å²) in [5.41, 5.74) is 2.13. The van der Waals surface area contributed by atoms with Gasteiger partial charge in [-0.05, 0) is 41.6 Å². The molecule has 1 aromatic rings. The summed E-state index contributed by atoms with van der Waals surface area (Å²) in [6.45, 7) is 0.0417. The lowest BCUT2D eigenvalue weighted by Crippen LogP contribution is -2.01. The number of aliphatic hydroxyl groups is 1. The molecule has 1 N–H and O–H groups in total. The first kappa shape index (κ1) is 8.92. The molecule has 2 saturated carbocycles. The lowest BCUT2D eigenvalue weighted by molar-refractivity contribution is 0.274. The summed E-state index contributed by atoms with van der Waals surface area (Å²) in [6, 6.07) is 0.613. The Kier molecular flexibility index (Phi) is 1.96. The molecular weight excluding hydrogens is 244 g/mol. The van der Waals surface area contributed by atoms with Gasteiger partial charge in [-0.2, -0.15) is 5.10 Å². The number of aromatic nitrogens is 2. The molecule has 2 fully saturated rings. The highest BCUT2D eigenvalue weighted by Gasteiger charge is 2.36. The van der Waals surface area contributed by atoms with E-state index in [1.54, 1.807) is 0 Å². The zero-order chi connectivity index (χ0) is 9.71. The molecule has 0 aliphatic heterocycles. The van der Waals surface area contributed by atoms with Crippen molar-refractivity contribution in [2.75, 3.05) is 0 Å². The van der Waals surface area contributed by atoms with E-state index < -0.39 is 0 Å². The van der Waals surface area contributed by atoms with E-state index in [4.69, 9.17) is 5.11 Å². The lowest BCUT2D eigenvalue weighted by Gasteiger charge is -2.03. The quantitative estimate of drug-likeness (QED) is 0.902. The summed E-state index contributed by atoms with van der Waals surface area (Å²) in [4.78, 5) is 0. The van der Waals surface area contributed by atoms with Crippen molar-refractivity contribution in [1.29, 1.82) is 0 Å². The number of rotatable bonds is 3. The van der Waals surface area contributed by atoms with Crippen molar-refractivity contribution in [3.8, 4) is 0 Å². The third kappa shape index (κ3) is 1.32. The summed E-state index contributed by atoms with van der Waals surface area (Å²) in [5.74, 6) is 0.692. The fraction of sp³-hybridized carbons (Fsp3) is 0.700. The molecule has 4 heteroatoms. The van der Waals surface area contributed by atoms with Crippen LogP contribution in [-0.2, 0) is 6.61 Å². The minimum Gasteiger partial charge on any atom is -0.390 e. The van der Waals surface area contributed by atoms with Crippen LogP contribution in [0.2, 0.25) is 0 Å². The zero-order valence-corrected chi connectivity index (χ0v) is 9.50. The van der Waals surface area contributed by atoms with E-state index >= 15 is 0 Å². The predicted molar refractivity (Wildman–Crippen MR) is 56.1 cm³/mol. The first-order valence-corrected chi connectivity index (χ1v) is 5.98. The van der Waals surface area contributed by atoms with Crippen molar-refractivity contribution in [3.63, 3.8) is 0 Å². The molecule has 3 rings (SSSR count). The van der Waals surface area contributed by atoms with E-state index in [0.29, 0.717) is 12.0 Å². The Morgan fingerprint density at radius 2 is 2.07 bits per heavy atom. The van der Waals surface area contributed by atoms with Gasteiger partial charge in [-0.3, -0.25) is 4.68 Å². The minimum atomic E-state index is 0.0417. The maximum atomic E-state index is 9.15. The van der Waals surface area contributed by atoms with Gasteiger partial charge in [-0.25, -0.2) is 0 Å². The Bertz CT molecular complexity index is 366. The van der Waals surface area contributed by atoms with E-state index in [9.17, 15) is 0 Å².